The molecule has 24 heavy (non-hydrogen) atoms. The highest BCUT2D eigenvalue weighted by molar-refractivity contribution is 5.75. The lowest BCUT2D eigenvalue weighted by molar-refractivity contribution is -0.132. The number of piperidine rings is 1. The highest BCUT2D eigenvalue weighted by Gasteiger charge is 2.22. The molecule has 1 amide bonds. The van der Waals surface area contributed by atoms with Crippen LogP contribution in [0.25, 0.3) is 0 Å². The van der Waals surface area contributed by atoms with E-state index in [1.165, 1.54) is 0 Å². The van der Waals surface area contributed by atoms with Crippen molar-refractivity contribution >= 4 is 17.5 Å². The number of nitrogens with one attached hydrogen (secondary N) is 1. The van der Waals surface area contributed by atoms with Crippen LogP contribution in [0.2, 0.25) is 0 Å². The molecule has 3 heterocycles. The zero-order valence-corrected chi connectivity index (χ0v) is 14.3. The zero-order chi connectivity index (χ0) is 16.9. The summed E-state index contributed by atoms with van der Waals surface area (Å²) in [5.41, 5.74) is 1.07. The average molecular weight is 328 g/mol. The summed E-state index contributed by atoms with van der Waals surface area (Å²) in [6.07, 6.45) is 3.64. The third-order valence-corrected chi connectivity index (χ3v) is 4.46. The quantitative estimate of drug-likeness (QED) is 0.911. The second kappa shape index (κ2) is 7.47. The van der Waals surface area contributed by atoms with Crippen molar-refractivity contribution in [2.75, 3.05) is 18.4 Å². The highest BCUT2D eigenvalue weighted by atomic mass is 16.5. The van der Waals surface area contributed by atoms with Crippen molar-refractivity contribution in [2.45, 2.75) is 39.5 Å². The number of aromatic nitrogens is 2. The molecule has 3 rings (SSSR count). The first-order chi connectivity index (χ1) is 11.6. The number of hydrogen-bond donors (Lipinski definition) is 1. The molecule has 128 valence electrons. The van der Waals surface area contributed by atoms with Gasteiger partial charge in [-0.05, 0) is 44.2 Å². The molecule has 0 saturated carbocycles. The number of pyridine rings is 1. The van der Waals surface area contributed by atoms with Gasteiger partial charge in [-0.25, -0.2) is 4.98 Å². The highest BCUT2D eigenvalue weighted by Crippen LogP contribution is 2.22. The minimum atomic E-state index is 0.265. The third-order valence-electron chi connectivity index (χ3n) is 4.46. The predicted molar refractivity (Wildman–Crippen MR) is 92.1 cm³/mol. The monoisotopic (exact) mass is 328 g/mol. The molecule has 0 unspecified atom stereocenters. The van der Waals surface area contributed by atoms with Crippen molar-refractivity contribution in [1.29, 1.82) is 0 Å². The predicted octanol–water partition coefficient (Wildman–Crippen LogP) is 3.31. The summed E-state index contributed by atoms with van der Waals surface area (Å²) in [5, 5.41) is 7.09. The van der Waals surface area contributed by atoms with Crippen molar-refractivity contribution < 1.29 is 9.32 Å². The normalized spacial score (nSPS) is 15.5. The van der Waals surface area contributed by atoms with E-state index in [2.05, 4.69) is 21.5 Å². The molecule has 0 aliphatic carbocycles. The molecule has 6 heteroatoms. The summed E-state index contributed by atoms with van der Waals surface area (Å²) in [7, 11) is 0. The summed E-state index contributed by atoms with van der Waals surface area (Å²) in [4.78, 5) is 18.4. The van der Waals surface area contributed by atoms with Crippen LogP contribution in [0.4, 0.5) is 11.6 Å². The van der Waals surface area contributed by atoms with Crippen molar-refractivity contribution in [3.63, 3.8) is 0 Å². The van der Waals surface area contributed by atoms with Crippen molar-refractivity contribution in [2.24, 2.45) is 5.92 Å². The van der Waals surface area contributed by atoms with Crippen LogP contribution in [0.3, 0.4) is 0 Å². The average Bonchev–Trinajstić information content (AvgIpc) is 3.00. The number of anilines is 2. The molecule has 6 nitrogen and oxygen atoms in total. The van der Waals surface area contributed by atoms with Crippen LogP contribution < -0.4 is 5.32 Å². The Hall–Kier alpha value is -2.37. The van der Waals surface area contributed by atoms with Crippen LogP contribution >= 0.6 is 0 Å². The number of aryl methyl sites for hydroxylation is 1. The summed E-state index contributed by atoms with van der Waals surface area (Å²) >= 11 is 0. The fraction of sp³-hybridized carbons (Fsp3) is 0.500. The van der Waals surface area contributed by atoms with Gasteiger partial charge >= 0.3 is 0 Å². The van der Waals surface area contributed by atoms with Gasteiger partial charge in [-0.1, -0.05) is 18.1 Å². The molecule has 2 aromatic rings. The molecule has 1 fully saturated rings. The van der Waals surface area contributed by atoms with Crippen LogP contribution in [0.5, 0.6) is 0 Å². The van der Waals surface area contributed by atoms with Gasteiger partial charge in [-0.3, -0.25) is 4.79 Å². The van der Waals surface area contributed by atoms with E-state index in [1.807, 2.05) is 36.9 Å². The van der Waals surface area contributed by atoms with Gasteiger partial charge < -0.3 is 14.7 Å². The summed E-state index contributed by atoms with van der Waals surface area (Å²) in [6, 6.07) is 7.83. The lowest BCUT2D eigenvalue weighted by Crippen LogP contribution is -2.38. The van der Waals surface area contributed by atoms with Crippen LogP contribution in [0.1, 0.15) is 37.6 Å². The number of rotatable bonds is 5. The van der Waals surface area contributed by atoms with Crippen LogP contribution in [-0.4, -0.2) is 34.0 Å². The maximum absolute atomic E-state index is 11.7. The second-order valence-corrected chi connectivity index (χ2v) is 6.34. The molecule has 1 N–H and O–H groups in total. The van der Waals surface area contributed by atoms with Crippen molar-refractivity contribution in [3.8, 4) is 0 Å². The van der Waals surface area contributed by atoms with Gasteiger partial charge in [0.05, 0.1) is 0 Å². The fourth-order valence-corrected chi connectivity index (χ4v) is 3.13. The Morgan fingerprint density at radius 3 is 2.79 bits per heavy atom. The van der Waals surface area contributed by atoms with Gasteiger partial charge in [0.25, 0.3) is 0 Å². The Balaban J connectivity index is 1.56. The van der Waals surface area contributed by atoms with E-state index < -0.39 is 0 Å². The van der Waals surface area contributed by atoms with Gasteiger partial charge in [-0.15, -0.1) is 0 Å². The number of amides is 1. The van der Waals surface area contributed by atoms with E-state index in [0.717, 1.165) is 49.6 Å². The fourth-order valence-electron chi connectivity index (χ4n) is 3.13. The molecule has 0 aromatic carbocycles. The van der Waals surface area contributed by atoms with Crippen LogP contribution in [-0.2, 0) is 11.2 Å². The van der Waals surface area contributed by atoms with E-state index in [4.69, 9.17) is 4.52 Å². The molecular formula is C18H24N4O2. The number of likely N-dealkylation sites (tertiary alicyclic amines) is 1. The molecule has 0 bridgehead atoms. The molecule has 0 atom stereocenters. The van der Waals surface area contributed by atoms with Gasteiger partial charge in [0.15, 0.2) is 5.82 Å². The smallest absolute Gasteiger partial charge is 0.222 e. The van der Waals surface area contributed by atoms with Gasteiger partial charge in [-0.2, -0.15) is 0 Å². The van der Waals surface area contributed by atoms with E-state index in [-0.39, 0.29) is 5.91 Å². The van der Waals surface area contributed by atoms with E-state index in [0.29, 0.717) is 18.2 Å². The molecule has 1 aliphatic rings. The minimum Gasteiger partial charge on any atom is -0.360 e. The zero-order valence-electron chi connectivity index (χ0n) is 14.3. The molecular weight excluding hydrogens is 304 g/mol. The Morgan fingerprint density at radius 2 is 2.12 bits per heavy atom. The number of carbonyl (C=O) groups is 1. The molecule has 0 spiro atoms. The Morgan fingerprint density at radius 1 is 1.33 bits per heavy atom. The van der Waals surface area contributed by atoms with Gasteiger partial charge in [0.2, 0.25) is 5.91 Å². The van der Waals surface area contributed by atoms with E-state index in [9.17, 15) is 4.79 Å². The summed E-state index contributed by atoms with van der Waals surface area (Å²) < 4.78 is 5.05. The van der Waals surface area contributed by atoms with Crippen LogP contribution in [0, 0.1) is 12.8 Å². The van der Waals surface area contributed by atoms with Crippen molar-refractivity contribution in [3.05, 3.63) is 35.7 Å². The largest absolute Gasteiger partial charge is 0.360 e. The molecule has 1 aliphatic heterocycles. The third kappa shape index (κ3) is 4.13. The van der Waals surface area contributed by atoms with Gasteiger partial charge in [0, 0.05) is 31.3 Å². The summed E-state index contributed by atoms with van der Waals surface area (Å²) in [5.74, 6) is 3.06. The van der Waals surface area contributed by atoms with Gasteiger partial charge in [0.1, 0.15) is 11.6 Å². The first-order valence-electron chi connectivity index (χ1n) is 8.58. The maximum atomic E-state index is 11.7. The second-order valence-electron chi connectivity index (χ2n) is 6.34. The number of nitrogens with zero attached hydrogens (tertiary/aromatic N) is 3. The Bertz CT molecular complexity index is 690. The van der Waals surface area contributed by atoms with E-state index in [1.54, 1.807) is 0 Å². The standard InChI is InChI=1S/C18H24N4O2/c1-3-18(23)22-9-7-14(8-10-22)12-15-5-4-6-16(19-15)20-17-11-13(2)24-21-17/h4-6,11,14H,3,7-10,12H2,1-2H3,(H,19,20,21). The molecule has 0 radical (unpaired) electrons. The number of hydrogen-bond acceptors (Lipinski definition) is 5. The SMILES string of the molecule is CCC(=O)N1CCC(Cc2cccc(Nc3cc(C)on3)n2)CC1. The van der Waals surface area contributed by atoms with Crippen molar-refractivity contribution in [1.82, 2.24) is 15.0 Å². The summed E-state index contributed by atoms with van der Waals surface area (Å²) in [6.45, 7) is 5.52. The first kappa shape index (κ1) is 16.5. The maximum Gasteiger partial charge on any atom is 0.222 e. The lowest BCUT2D eigenvalue weighted by atomic mass is 9.92. The number of carbonyl (C=O) groups excluding carboxylic acids is 1. The molecule has 1 saturated heterocycles. The lowest BCUT2D eigenvalue weighted by Gasteiger charge is -2.31. The minimum absolute atomic E-state index is 0.265. The molecule has 2 aromatic heterocycles. The topological polar surface area (TPSA) is 71.3 Å². The first-order valence-corrected chi connectivity index (χ1v) is 8.58. The van der Waals surface area contributed by atoms with Crippen LogP contribution in [0.15, 0.2) is 28.8 Å². The Kier molecular flexibility index (Phi) is 5.13. The Labute approximate surface area is 142 Å². The van der Waals surface area contributed by atoms with E-state index >= 15 is 0 Å².